The molecule has 1 spiro atoms. The van der Waals surface area contributed by atoms with Crippen molar-refractivity contribution < 1.29 is 0 Å². The Bertz CT molecular complexity index is 3400. The van der Waals surface area contributed by atoms with Crippen molar-refractivity contribution in [2.45, 2.75) is 5.41 Å². The lowest BCUT2D eigenvalue weighted by Gasteiger charge is -2.30. The predicted octanol–water partition coefficient (Wildman–Crippen LogP) is 12.9. The summed E-state index contributed by atoms with van der Waals surface area (Å²) >= 11 is 0. The smallest absolute Gasteiger partial charge is 0.164 e. The monoisotopic (exact) mass is 802 g/mol. The van der Waals surface area contributed by atoms with Crippen molar-refractivity contribution in [3.05, 3.63) is 235 Å². The van der Waals surface area contributed by atoms with E-state index >= 15 is 0 Å². The predicted molar refractivity (Wildman–Crippen MR) is 249 cm³/mol. The maximum Gasteiger partial charge on any atom is 0.164 e. The van der Waals surface area contributed by atoms with Crippen molar-refractivity contribution in [1.82, 2.24) is 24.9 Å². The molecule has 10 aromatic rings. The molecule has 3 aromatic heterocycles. The number of rotatable bonds is 6. The number of hydrogen-bond acceptors (Lipinski definition) is 6. The third-order valence-electron chi connectivity index (χ3n) is 12.6. The van der Waals surface area contributed by atoms with Gasteiger partial charge in [-0.3, -0.25) is 9.97 Å². The zero-order valence-electron chi connectivity index (χ0n) is 33.8. The van der Waals surface area contributed by atoms with Gasteiger partial charge in [0.2, 0.25) is 0 Å². The number of pyridine rings is 2. The van der Waals surface area contributed by atoms with Crippen molar-refractivity contribution >= 4 is 0 Å². The summed E-state index contributed by atoms with van der Waals surface area (Å²) in [4.78, 5) is 24.1. The largest absolute Gasteiger partial charge is 0.265 e. The normalized spacial score (nSPS) is 12.6. The van der Waals surface area contributed by atoms with E-state index in [9.17, 15) is 5.26 Å². The van der Waals surface area contributed by atoms with Gasteiger partial charge in [-0.15, -0.1) is 0 Å². The van der Waals surface area contributed by atoms with E-state index < -0.39 is 5.41 Å². The van der Waals surface area contributed by atoms with Crippen LogP contribution in [-0.4, -0.2) is 24.9 Å². The molecule has 0 N–H and O–H groups in total. The third-order valence-corrected chi connectivity index (χ3v) is 12.6. The molecule has 2 aliphatic carbocycles. The van der Waals surface area contributed by atoms with Gasteiger partial charge in [-0.1, -0.05) is 127 Å². The molecule has 6 nitrogen and oxygen atoms in total. The summed E-state index contributed by atoms with van der Waals surface area (Å²) < 4.78 is 0. The van der Waals surface area contributed by atoms with Crippen LogP contribution >= 0.6 is 0 Å². The number of hydrogen-bond donors (Lipinski definition) is 0. The van der Waals surface area contributed by atoms with Crippen LogP contribution in [0.3, 0.4) is 0 Å². The molecule has 63 heavy (non-hydrogen) atoms. The third kappa shape index (κ3) is 5.83. The Morgan fingerprint density at radius 3 is 1.51 bits per heavy atom. The first-order valence-electron chi connectivity index (χ1n) is 20.9. The number of nitrogens with zero attached hydrogens (tertiary/aromatic N) is 6. The molecular formula is C57H34N6. The average Bonchev–Trinajstić information content (AvgIpc) is 3.83. The molecular weight excluding hydrogens is 769 g/mol. The molecule has 292 valence electrons. The molecule has 0 saturated carbocycles. The van der Waals surface area contributed by atoms with Gasteiger partial charge in [0.1, 0.15) is 0 Å². The Morgan fingerprint density at radius 1 is 0.333 bits per heavy atom. The van der Waals surface area contributed by atoms with Crippen LogP contribution < -0.4 is 0 Å². The minimum absolute atomic E-state index is 0.570. The lowest BCUT2D eigenvalue weighted by molar-refractivity contribution is 0.793. The number of fused-ring (bicyclic) bond motifs is 10. The molecule has 0 unspecified atom stereocenters. The maximum atomic E-state index is 10.2. The minimum Gasteiger partial charge on any atom is -0.265 e. The van der Waals surface area contributed by atoms with Crippen LogP contribution in [-0.2, 0) is 5.41 Å². The summed E-state index contributed by atoms with van der Waals surface area (Å²) in [5, 5.41) is 10.2. The fourth-order valence-corrected chi connectivity index (χ4v) is 9.72. The van der Waals surface area contributed by atoms with Crippen molar-refractivity contribution in [3.63, 3.8) is 0 Å². The average molecular weight is 803 g/mol. The number of nitriles is 1. The van der Waals surface area contributed by atoms with Crippen molar-refractivity contribution in [2.24, 2.45) is 0 Å². The van der Waals surface area contributed by atoms with Crippen molar-refractivity contribution in [3.8, 4) is 95.9 Å². The maximum absolute atomic E-state index is 10.2. The molecule has 7 aromatic carbocycles. The summed E-state index contributed by atoms with van der Waals surface area (Å²) in [6.07, 6.45) is 7.30. The highest BCUT2D eigenvalue weighted by Gasteiger charge is 2.51. The van der Waals surface area contributed by atoms with Crippen LogP contribution in [0, 0.1) is 11.3 Å². The van der Waals surface area contributed by atoms with E-state index in [2.05, 4.69) is 143 Å². The van der Waals surface area contributed by atoms with Gasteiger partial charge in [0.25, 0.3) is 0 Å². The first-order valence-corrected chi connectivity index (χ1v) is 20.9. The molecule has 12 rings (SSSR count). The van der Waals surface area contributed by atoms with Crippen LogP contribution in [0.5, 0.6) is 0 Å². The van der Waals surface area contributed by atoms with E-state index in [0.717, 1.165) is 61.2 Å². The molecule has 0 radical (unpaired) electrons. The molecule has 6 heteroatoms. The second kappa shape index (κ2) is 14.5. The lowest BCUT2D eigenvalue weighted by atomic mass is 9.70. The van der Waals surface area contributed by atoms with Gasteiger partial charge in [-0.05, 0) is 132 Å². The van der Waals surface area contributed by atoms with Gasteiger partial charge >= 0.3 is 0 Å². The summed E-state index contributed by atoms with van der Waals surface area (Å²) in [5.41, 5.74) is 18.5. The highest BCUT2D eigenvalue weighted by molar-refractivity contribution is 5.96. The Labute approximate surface area is 364 Å². The number of benzene rings is 7. The standard InChI is InChI=1S/C57H34N6/c58-34-36-16-22-48-49-23-21-41(33-53(49)57(52(48)29-36)50-14-6-4-12-46(50)47-13-5-7-15-51(47)57)44-30-43(38-24-27-59-28-25-38)31-45(32-44)56-62-54(39-9-2-1-3-10-39)61-55(63-56)40-19-17-37(18-20-40)42-11-8-26-60-35-42/h1-33,35H. The highest BCUT2D eigenvalue weighted by Crippen LogP contribution is 2.63. The zero-order chi connectivity index (χ0) is 41.9. The lowest BCUT2D eigenvalue weighted by Crippen LogP contribution is -2.26. The summed E-state index contributed by atoms with van der Waals surface area (Å²) in [6, 6.07) is 66.0. The molecule has 0 saturated heterocycles. The van der Waals surface area contributed by atoms with Crippen LogP contribution in [0.4, 0.5) is 0 Å². The molecule has 0 fully saturated rings. The Morgan fingerprint density at radius 2 is 0.841 bits per heavy atom. The van der Waals surface area contributed by atoms with Gasteiger partial charge in [0.15, 0.2) is 17.5 Å². The minimum atomic E-state index is -0.605. The Hall–Kier alpha value is -8.66. The van der Waals surface area contributed by atoms with Gasteiger partial charge in [-0.25, -0.2) is 15.0 Å². The van der Waals surface area contributed by atoms with Crippen LogP contribution in [0.25, 0.3) is 89.8 Å². The summed E-state index contributed by atoms with van der Waals surface area (Å²) in [6.45, 7) is 0. The topological polar surface area (TPSA) is 88.2 Å². The molecule has 3 heterocycles. The quantitative estimate of drug-likeness (QED) is 0.166. The van der Waals surface area contributed by atoms with Crippen LogP contribution in [0.1, 0.15) is 27.8 Å². The van der Waals surface area contributed by atoms with Gasteiger partial charge in [0.05, 0.1) is 17.0 Å². The van der Waals surface area contributed by atoms with Crippen molar-refractivity contribution in [2.75, 3.05) is 0 Å². The fraction of sp³-hybridized carbons (Fsp3) is 0.0175. The first kappa shape index (κ1) is 36.2. The van der Waals surface area contributed by atoms with Crippen LogP contribution in [0.2, 0.25) is 0 Å². The Kier molecular flexibility index (Phi) is 8.34. The number of aromatic nitrogens is 5. The molecule has 0 amide bonds. The van der Waals surface area contributed by atoms with Crippen LogP contribution in [0.15, 0.2) is 207 Å². The summed E-state index contributed by atoms with van der Waals surface area (Å²) in [7, 11) is 0. The first-order chi connectivity index (χ1) is 31.2. The van der Waals surface area contributed by atoms with Gasteiger partial charge < -0.3 is 0 Å². The van der Waals surface area contributed by atoms with E-state index in [1.165, 1.54) is 33.4 Å². The molecule has 0 aliphatic heterocycles. The second-order valence-electron chi connectivity index (χ2n) is 16.0. The molecule has 0 bridgehead atoms. The van der Waals surface area contributed by atoms with E-state index in [4.69, 9.17) is 15.0 Å². The second-order valence-corrected chi connectivity index (χ2v) is 16.0. The molecule has 2 aliphatic rings. The van der Waals surface area contributed by atoms with Gasteiger partial charge in [-0.2, -0.15) is 5.26 Å². The van der Waals surface area contributed by atoms with Crippen molar-refractivity contribution in [1.29, 1.82) is 5.26 Å². The summed E-state index contributed by atoms with van der Waals surface area (Å²) in [5.74, 6) is 1.75. The van der Waals surface area contributed by atoms with E-state index in [0.29, 0.717) is 23.0 Å². The fourth-order valence-electron chi connectivity index (χ4n) is 9.72. The SMILES string of the molecule is N#Cc1ccc2c(c1)C1(c3ccccc3-c3ccccc31)c1cc(-c3cc(-c4ccncc4)cc(-c4nc(-c5ccccc5)nc(-c5ccc(-c6cccnc6)cc5)n4)c3)ccc1-2. The highest BCUT2D eigenvalue weighted by atomic mass is 15.0. The van der Waals surface area contributed by atoms with E-state index in [1.807, 2.05) is 73.2 Å². The van der Waals surface area contributed by atoms with E-state index in [-0.39, 0.29) is 0 Å². The zero-order valence-corrected chi connectivity index (χ0v) is 33.8. The Balaban J connectivity index is 1.07. The van der Waals surface area contributed by atoms with Gasteiger partial charge in [0, 0.05) is 41.5 Å². The molecule has 0 atom stereocenters. The van der Waals surface area contributed by atoms with E-state index in [1.54, 1.807) is 6.20 Å².